The summed E-state index contributed by atoms with van der Waals surface area (Å²) in [5.74, 6) is 3.44. The molecule has 1 N–H and O–H groups in total. The maximum atomic E-state index is 5.38. The maximum Gasteiger partial charge on any atom is 0.124 e. The first-order valence-corrected chi connectivity index (χ1v) is 8.39. The molecule has 1 aliphatic heterocycles. The molecule has 2 rings (SSSR count). The van der Waals surface area contributed by atoms with Crippen molar-refractivity contribution in [2.24, 2.45) is 0 Å². The van der Waals surface area contributed by atoms with E-state index in [0.717, 1.165) is 11.3 Å². The van der Waals surface area contributed by atoms with E-state index in [2.05, 4.69) is 36.1 Å². The highest BCUT2D eigenvalue weighted by molar-refractivity contribution is 7.99. The number of nitrogens with one attached hydrogen (secondary N) is 1. The van der Waals surface area contributed by atoms with Crippen LogP contribution in [-0.2, 0) is 11.3 Å². The van der Waals surface area contributed by atoms with Crippen molar-refractivity contribution >= 4 is 11.8 Å². The van der Waals surface area contributed by atoms with Crippen LogP contribution in [0.4, 0.5) is 0 Å². The van der Waals surface area contributed by atoms with Crippen molar-refractivity contribution < 1.29 is 9.47 Å². The third kappa shape index (κ3) is 4.14. The molecular weight excluding hydrogens is 270 g/mol. The SMILES string of the molecule is COCc1cc(C(C)NC2CCCSC2)ccc1OC. The van der Waals surface area contributed by atoms with Gasteiger partial charge in [0.2, 0.25) is 0 Å². The first kappa shape index (κ1) is 15.7. The summed E-state index contributed by atoms with van der Waals surface area (Å²) in [7, 11) is 3.42. The minimum absolute atomic E-state index is 0.361. The Bertz CT molecular complexity index is 419. The van der Waals surface area contributed by atoms with Gasteiger partial charge in [-0.05, 0) is 43.2 Å². The van der Waals surface area contributed by atoms with Gasteiger partial charge in [-0.25, -0.2) is 0 Å². The summed E-state index contributed by atoms with van der Waals surface area (Å²) in [6.07, 6.45) is 2.62. The molecule has 1 aromatic carbocycles. The lowest BCUT2D eigenvalue weighted by molar-refractivity contribution is 0.181. The van der Waals surface area contributed by atoms with Crippen LogP contribution >= 0.6 is 11.8 Å². The highest BCUT2D eigenvalue weighted by Gasteiger charge is 2.17. The standard InChI is InChI=1S/C16H25NO2S/c1-12(17-15-5-4-8-20-11-15)13-6-7-16(19-3)14(9-13)10-18-2/h6-7,9,12,15,17H,4-5,8,10-11H2,1-3H3. The monoisotopic (exact) mass is 295 g/mol. The van der Waals surface area contributed by atoms with E-state index in [4.69, 9.17) is 9.47 Å². The summed E-state index contributed by atoms with van der Waals surface area (Å²) < 4.78 is 10.6. The quantitative estimate of drug-likeness (QED) is 0.871. The third-order valence-corrected chi connectivity index (χ3v) is 4.97. The zero-order valence-corrected chi connectivity index (χ0v) is 13.5. The average Bonchev–Trinajstić information content (AvgIpc) is 2.48. The van der Waals surface area contributed by atoms with E-state index in [9.17, 15) is 0 Å². The molecule has 0 bridgehead atoms. The maximum absolute atomic E-state index is 5.38. The van der Waals surface area contributed by atoms with E-state index in [0.29, 0.717) is 18.7 Å². The Hall–Kier alpha value is -0.710. The van der Waals surface area contributed by atoms with Crippen molar-refractivity contribution in [3.63, 3.8) is 0 Å². The Balaban J connectivity index is 2.04. The van der Waals surface area contributed by atoms with Crippen molar-refractivity contribution in [2.45, 2.75) is 38.5 Å². The van der Waals surface area contributed by atoms with Crippen molar-refractivity contribution in [3.8, 4) is 5.75 Å². The molecule has 0 aliphatic carbocycles. The van der Waals surface area contributed by atoms with Crippen molar-refractivity contribution in [1.29, 1.82) is 0 Å². The fraction of sp³-hybridized carbons (Fsp3) is 0.625. The molecule has 2 atom stereocenters. The summed E-state index contributed by atoms with van der Waals surface area (Å²) in [5.41, 5.74) is 2.41. The van der Waals surface area contributed by atoms with Gasteiger partial charge in [-0.3, -0.25) is 0 Å². The number of thioether (sulfide) groups is 1. The third-order valence-electron chi connectivity index (χ3n) is 3.75. The second-order valence-electron chi connectivity index (χ2n) is 5.31. The van der Waals surface area contributed by atoms with Crippen LogP contribution in [0.15, 0.2) is 18.2 Å². The van der Waals surface area contributed by atoms with Crippen LogP contribution < -0.4 is 10.1 Å². The van der Waals surface area contributed by atoms with Gasteiger partial charge in [0.25, 0.3) is 0 Å². The highest BCUT2D eigenvalue weighted by atomic mass is 32.2. The summed E-state index contributed by atoms with van der Waals surface area (Å²) in [4.78, 5) is 0. The van der Waals surface area contributed by atoms with E-state index in [-0.39, 0.29) is 0 Å². The molecule has 2 unspecified atom stereocenters. The molecule has 112 valence electrons. The van der Waals surface area contributed by atoms with Crippen molar-refractivity contribution in [1.82, 2.24) is 5.32 Å². The number of ether oxygens (including phenoxy) is 2. The molecule has 3 nitrogen and oxygen atoms in total. The molecule has 1 saturated heterocycles. The molecule has 0 spiro atoms. The van der Waals surface area contributed by atoms with Crippen LogP contribution in [0.1, 0.15) is 36.9 Å². The zero-order valence-electron chi connectivity index (χ0n) is 12.6. The summed E-state index contributed by atoms with van der Waals surface area (Å²) in [5, 5.41) is 3.74. The van der Waals surface area contributed by atoms with Crippen molar-refractivity contribution in [3.05, 3.63) is 29.3 Å². The smallest absolute Gasteiger partial charge is 0.124 e. The van der Waals surface area contributed by atoms with E-state index in [1.54, 1.807) is 14.2 Å². The molecule has 0 amide bonds. The largest absolute Gasteiger partial charge is 0.496 e. The molecule has 0 saturated carbocycles. The predicted octanol–water partition coefficient (Wildman–Crippen LogP) is 3.39. The number of hydrogen-bond acceptors (Lipinski definition) is 4. The Labute approximate surface area is 126 Å². The predicted molar refractivity (Wildman–Crippen MR) is 85.6 cm³/mol. The van der Waals surface area contributed by atoms with Gasteiger partial charge in [0.15, 0.2) is 0 Å². The molecule has 20 heavy (non-hydrogen) atoms. The second-order valence-corrected chi connectivity index (χ2v) is 6.46. The fourth-order valence-electron chi connectivity index (χ4n) is 2.66. The van der Waals surface area contributed by atoms with Gasteiger partial charge in [-0.2, -0.15) is 11.8 Å². The minimum Gasteiger partial charge on any atom is -0.496 e. The number of benzene rings is 1. The average molecular weight is 295 g/mol. The Morgan fingerprint density at radius 3 is 2.90 bits per heavy atom. The normalized spacial score (nSPS) is 20.6. The van der Waals surface area contributed by atoms with Gasteiger partial charge in [0.05, 0.1) is 13.7 Å². The Morgan fingerprint density at radius 2 is 2.25 bits per heavy atom. The van der Waals surface area contributed by atoms with Gasteiger partial charge in [0, 0.05) is 30.5 Å². The number of rotatable bonds is 6. The van der Waals surface area contributed by atoms with Crippen LogP contribution in [0.25, 0.3) is 0 Å². The molecule has 1 fully saturated rings. The first-order valence-electron chi connectivity index (χ1n) is 7.24. The van der Waals surface area contributed by atoms with E-state index in [1.807, 2.05) is 6.07 Å². The molecule has 1 heterocycles. The van der Waals surface area contributed by atoms with Crippen molar-refractivity contribution in [2.75, 3.05) is 25.7 Å². The van der Waals surface area contributed by atoms with E-state index < -0.39 is 0 Å². The lowest BCUT2D eigenvalue weighted by Gasteiger charge is -2.27. The van der Waals surface area contributed by atoms with Crippen LogP contribution in [0.5, 0.6) is 5.75 Å². The lowest BCUT2D eigenvalue weighted by Crippen LogP contribution is -2.35. The zero-order chi connectivity index (χ0) is 14.4. The summed E-state index contributed by atoms with van der Waals surface area (Å²) >= 11 is 2.06. The summed E-state index contributed by atoms with van der Waals surface area (Å²) in [6.45, 7) is 2.82. The van der Waals surface area contributed by atoms with Gasteiger partial charge in [-0.15, -0.1) is 0 Å². The minimum atomic E-state index is 0.361. The molecule has 0 aromatic heterocycles. The molecule has 0 radical (unpaired) electrons. The molecular formula is C16H25NO2S. The van der Waals surface area contributed by atoms with Crippen LogP contribution in [0.2, 0.25) is 0 Å². The molecule has 1 aliphatic rings. The highest BCUT2D eigenvalue weighted by Crippen LogP contribution is 2.25. The molecule has 4 heteroatoms. The number of hydrogen-bond donors (Lipinski definition) is 1. The van der Waals surface area contributed by atoms with Gasteiger partial charge in [0.1, 0.15) is 5.75 Å². The van der Waals surface area contributed by atoms with Crippen LogP contribution in [-0.4, -0.2) is 31.8 Å². The van der Waals surface area contributed by atoms with Gasteiger partial charge >= 0.3 is 0 Å². The first-order chi connectivity index (χ1) is 9.74. The fourth-order valence-corrected chi connectivity index (χ4v) is 3.74. The second kappa shape index (κ2) is 7.91. The summed E-state index contributed by atoms with van der Waals surface area (Å²) in [6, 6.07) is 7.37. The number of methoxy groups -OCH3 is 2. The Morgan fingerprint density at radius 1 is 1.40 bits per heavy atom. The lowest BCUT2D eigenvalue weighted by atomic mass is 10.0. The van der Waals surface area contributed by atoms with Crippen LogP contribution in [0, 0.1) is 0 Å². The van der Waals surface area contributed by atoms with Gasteiger partial charge in [-0.1, -0.05) is 6.07 Å². The van der Waals surface area contributed by atoms with E-state index in [1.165, 1.54) is 29.9 Å². The molecule has 1 aromatic rings. The van der Waals surface area contributed by atoms with Crippen LogP contribution in [0.3, 0.4) is 0 Å². The van der Waals surface area contributed by atoms with Gasteiger partial charge < -0.3 is 14.8 Å². The Kier molecular flexibility index (Phi) is 6.20. The topological polar surface area (TPSA) is 30.5 Å². The van der Waals surface area contributed by atoms with E-state index >= 15 is 0 Å².